The van der Waals surface area contributed by atoms with Gasteiger partial charge in [0.15, 0.2) is 5.69 Å². The molecule has 1 unspecified atom stereocenters. The summed E-state index contributed by atoms with van der Waals surface area (Å²) in [6, 6.07) is 11.5. The van der Waals surface area contributed by atoms with Crippen molar-refractivity contribution in [2.75, 3.05) is 5.32 Å². The van der Waals surface area contributed by atoms with Gasteiger partial charge in [0.25, 0.3) is 5.91 Å². The number of aromatic nitrogens is 3. The summed E-state index contributed by atoms with van der Waals surface area (Å²) >= 11 is 6.17. The number of aryl methyl sites for hydroxylation is 1. The van der Waals surface area contributed by atoms with Crippen LogP contribution in [0, 0.1) is 12.7 Å². The lowest BCUT2D eigenvalue weighted by molar-refractivity contribution is -0.00174. The second-order valence-corrected chi connectivity index (χ2v) is 6.76. The molecule has 1 aliphatic heterocycles. The van der Waals surface area contributed by atoms with Crippen LogP contribution in [0.5, 0.6) is 0 Å². The number of carbonyl (C=O) groups excluding carboxylic acids is 1. The first-order valence-corrected chi connectivity index (χ1v) is 8.76. The summed E-state index contributed by atoms with van der Waals surface area (Å²) in [7, 11) is 0. The van der Waals surface area contributed by atoms with Crippen LogP contribution in [-0.4, -0.2) is 20.9 Å². The van der Waals surface area contributed by atoms with Crippen molar-refractivity contribution in [2.45, 2.75) is 26.2 Å². The molecule has 138 valence electrons. The van der Waals surface area contributed by atoms with Crippen molar-refractivity contribution in [3.05, 3.63) is 75.8 Å². The molecule has 0 aliphatic carbocycles. The van der Waals surface area contributed by atoms with Gasteiger partial charge in [-0.15, -0.1) is 5.10 Å². The van der Waals surface area contributed by atoms with E-state index in [0.717, 1.165) is 11.1 Å². The quantitative estimate of drug-likeness (QED) is 0.741. The zero-order valence-electron chi connectivity index (χ0n) is 14.4. The predicted molar refractivity (Wildman–Crippen MR) is 98.1 cm³/mol. The van der Waals surface area contributed by atoms with Gasteiger partial charge >= 0.3 is 0 Å². The Morgan fingerprint density at radius 3 is 2.81 bits per heavy atom. The van der Waals surface area contributed by atoms with E-state index in [9.17, 15) is 9.18 Å². The van der Waals surface area contributed by atoms with E-state index in [1.54, 1.807) is 28.9 Å². The van der Waals surface area contributed by atoms with Crippen LogP contribution < -0.4 is 5.32 Å². The van der Waals surface area contributed by atoms with Gasteiger partial charge < -0.3 is 10.1 Å². The van der Waals surface area contributed by atoms with Gasteiger partial charge in [-0.1, -0.05) is 35.0 Å². The van der Waals surface area contributed by atoms with E-state index in [4.69, 9.17) is 16.3 Å². The third kappa shape index (κ3) is 3.56. The number of amides is 1. The number of hydrogen-bond acceptors (Lipinski definition) is 4. The number of carbonyl (C=O) groups is 1. The van der Waals surface area contributed by atoms with Gasteiger partial charge in [-0.05, 0) is 42.3 Å². The highest BCUT2D eigenvalue weighted by Crippen LogP contribution is 2.28. The maximum Gasteiger partial charge on any atom is 0.278 e. The summed E-state index contributed by atoms with van der Waals surface area (Å²) in [6.07, 6.45) is -0.276. The predicted octanol–water partition coefficient (Wildman–Crippen LogP) is 3.90. The van der Waals surface area contributed by atoms with Crippen LogP contribution in [0.2, 0.25) is 5.02 Å². The second kappa shape index (κ2) is 7.09. The Kier molecular flexibility index (Phi) is 4.63. The SMILES string of the molecule is Cc1ccc(NC(=O)c2nnn3c2COC(c2ccc(F)cc2)C3)c(Cl)c1. The van der Waals surface area contributed by atoms with E-state index in [0.29, 0.717) is 22.9 Å². The third-order valence-electron chi connectivity index (χ3n) is 4.43. The third-order valence-corrected chi connectivity index (χ3v) is 4.74. The molecule has 0 bridgehead atoms. The van der Waals surface area contributed by atoms with Gasteiger partial charge in [-0.2, -0.15) is 0 Å². The van der Waals surface area contributed by atoms with Gasteiger partial charge in [-0.25, -0.2) is 9.07 Å². The number of nitrogens with zero attached hydrogens (tertiary/aromatic N) is 3. The smallest absolute Gasteiger partial charge is 0.278 e. The van der Waals surface area contributed by atoms with Gasteiger partial charge in [0.1, 0.15) is 11.9 Å². The Balaban J connectivity index is 1.52. The summed E-state index contributed by atoms with van der Waals surface area (Å²) in [5, 5.41) is 11.3. The van der Waals surface area contributed by atoms with Crippen LogP contribution >= 0.6 is 11.6 Å². The molecule has 0 saturated heterocycles. The number of halogens is 2. The van der Waals surface area contributed by atoms with Crippen LogP contribution in [0.1, 0.15) is 33.4 Å². The van der Waals surface area contributed by atoms with E-state index in [1.165, 1.54) is 12.1 Å². The molecule has 27 heavy (non-hydrogen) atoms. The average Bonchev–Trinajstić information content (AvgIpc) is 3.08. The van der Waals surface area contributed by atoms with E-state index in [1.807, 2.05) is 13.0 Å². The molecule has 0 spiro atoms. The van der Waals surface area contributed by atoms with Gasteiger partial charge in [-0.3, -0.25) is 4.79 Å². The van der Waals surface area contributed by atoms with Gasteiger partial charge in [0.2, 0.25) is 0 Å². The normalized spacial score (nSPS) is 16.0. The van der Waals surface area contributed by atoms with Crippen molar-refractivity contribution in [1.29, 1.82) is 0 Å². The molecule has 2 aromatic carbocycles. The Labute approximate surface area is 159 Å². The zero-order chi connectivity index (χ0) is 19.0. The largest absolute Gasteiger partial charge is 0.365 e. The summed E-state index contributed by atoms with van der Waals surface area (Å²) < 4.78 is 20.6. The Morgan fingerprint density at radius 2 is 2.07 bits per heavy atom. The van der Waals surface area contributed by atoms with E-state index in [-0.39, 0.29) is 24.2 Å². The first-order chi connectivity index (χ1) is 13.0. The minimum Gasteiger partial charge on any atom is -0.365 e. The highest BCUT2D eigenvalue weighted by molar-refractivity contribution is 6.34. The van der Waals surface area contributed by atoms with Crippen molar-refractivity contribution >= 4 is 23.2 Å². The molecular formula is C19H16ClFN4O2. The average molecular weight is 387 g/mol. The standard InChI is InChI=1S/C19H16ClFN4O2/c1-11-2-7-15(14(20)8-11)22-19(26)18-16-10-27-17(9-25(16)24-23-18)12-3-5-13(21)6-4-12/h2-8,17H,9-10H2,1H3,(H,22,26). The summed E-state index contributed by atoms with van der Waals surface area (Å²) in [5.74, 6) is -0.699. The molecule has 1 atom stereocenters. The van der Waals surface area contributed by atoms with E-state index >= 15 is 0 Å². The molecule has 0 saturated carbocycles. The molecule has 0 fully saturated rings. The first kappa shape index (κ1) is 17.6. The number of anilines is 1. The minimum atomic E-state index is -0.397. The lowest BCUT2D eigenvalue weighted by Crippen LogP contribution is -2.24. The van der Waals surface area contributed by atoms with E-state index in [2.05, 4.69) is 15.6 Å². The number of rotatable bonds is 3. The Morgan fingerprint density at radius 1 is 1.30 bits per heavy atom. The molecule has 1 amide bonds. The van der Waals surface area contributed by atoms with Crippen LogP contribution in [-0.2, 0) is 17.9 Å². The van der Waals surface area contributed by atoms with Crippen molar-refractivity contribution in [1.82, 2.24) is 15.0 Å². The Hall–Kier alpha value is -2.77. The fourth-order valence-electron chi connectivity index (χ4n) is 2.97. The molecule has 0 radical (unpaired) electrons. The lowest BCUT2D eigenvalue weighted by atomic mass is 10.1. The number of nitrogens with one attached hydrogen (secondary N) is 1. The van der Waals surface area contributed by atoms with E-state index < -0.39 is 5.91 Å². The number of ether oxygens (including phenoxy) is 1. The maximum absolute atomic E-state index is 13.1. The maximum atomic E-state index is 13.1. The molecule has 1 N–H and O–H groups in total. The number of fused-ring (bicyclic) bond motifs is 1. The van der Waals surface area contributed by atoms with Crippen molar-refractivity contribution in [3.8, 4) is 0 Å². The fourth-order valence-corrected chi connectivity index (χ4v) is 3.25. The van der Waals surface area contributed by atoms with Crippen molar-refractivity contribution < 1.29 is 13.9 Å². The number of hydrogen-bond donors (Lipinski definition) is 1. The molecule has 1 aromatic heterocycles. The number of benzene rings is 2. The van der Waals surface area contributed by atoms with Crippen LogP contribution in [0.3, 0.4) is 0 Å². The topological polar surface area (TPSA) is 69.0 Å². The summed E-state index contributed by atoms with van der Waals surface area (Å²) in [4.78, 5) is 12.6. The fraction of sp³-hybridized carbons (Fsp3) is 0.211. The van der Waals surface area contributed by atoms with Crippen LogP contribution in [0.25, 0.3) is 0 Å². The molecule has 4 rings (SSSR count). The van der Waals surface area contributed by atoms with Crippen LogP contribution in [0.15, 0.2) is 42.5 Å². The second-order valence-electron chi connectivity index (χ2n) is 6.36. The molecular weight excluding hydrogens is 371 g/mol. The molecule has 8 heteroatoms. The van der Waals surface area contributed by atoms with Crippen LogP contribution in [0.4, 0.5) is 10.1 Å². The highest BCUT2D eigenvalue weighted by atomic mass is 35.5. The lowest BCUT2D eigenvalue weighted by Gasteiger charge is -2.24. The van der Waals surface area contributed by atoms with Crippen molar-refractivity contribution in [2.24, 2.45) is 0 Å². The molecule has 2 heterocycles. The first-order valence-electron chi connectivity index (χ1n) is 8.38. The Bertz CT molecular complexity index is 1000. The van der Waals surface area contributed by atoms with Gasteiger partial charge in [0, 0.05) is 0 Å². The van der Waals surface area contributed by atoms with Crippen molar-refractivity contribution in [3.63, 3.8) is 0 Å². The highest BCUT2D eigenvalue weighted by Gasteiger charge is 2.28. The molecule has 6 nitrogen and oxygen atoms in total. The summed E-state index contributed by atoms with van der Waals surface area (Å²) in [5.41, 5.74) is 3.14. The molecule has 1 aliphatic rings. The van der Waals surface area contributed by atoms with Gasteiger partial charge in [0.05, 0.1) is 29.6 Å². The monoisotopic (exact) mass is 386 g/mol. The minimum absolute atomic E-state index is 0.180. The molecule has 3 aromatic rings. The zero-order valence-corrected chi connectivity index (χ0v) is 15.2. The summed E-state index contributed by atoms with van der Waals surface area (Å²) in [6.45, 7) is 2.49.